The smallest absolute Gasteiger partial charge is 0.223 e. The second-order valence-corrected chi connectivity index (χ2v) is 7.26. The number of anilines is 1. The summed E-state index contributed by atoms with van der Waals surface area (Å²) in [6, 6.07) is 15.1. The Hall–Kier alpha value is -3.54. The summed E-state index contributed by atoms with van der Waals surface area (Å²) in [6.45, 7) is 0. The van der Waals surface area contributed by atoms with E-state index in [9.17, 15) is 4.39 Å². The molecule has 144 valence electrons. The van der Waals surface area contributed by atoms with Crippen LogP contribution >= 0.6 is 0 Å². The average Bonchev–Trinajstić information content (AvgIpc) is 3.34. The van der Waals surface area contributed by atoms with Crippen molar-refractivity contribution in [2.75, 3.05) is 5.32 Å². The molecule has 0 amide bonds. The second kappa shape index (κ2) is 7.13. The van der Waals surface area contributed by atoms with E-state index in [1.165, 1.54) is 23.3 Å². The zero-order chi connectivity index (χ0) is 19.8. The third kappa shape index (κ3) is 3.27. The Kier molecular flexibility index (Phi) is 4.31. The summed E-state index contributed by atoms with van der Waals surface area (Å²) < 4.78 is 15.7. The lowest BCUT2D eigenvalue weighted by atomic mass is 10.1. The summed E-state index contributed by atoms with van der Waals surface area (Å²) in [4.78, 5) is 13.8. The van der Waals surface area contributed by atoms with Crippen molar-refractivity contribution in [3.8, 4) is 22.6 Å². The Morgan fingerprint density at radius 3 is 2.83 bits per heavy atom. The minimum atomic E-state index is -0.293. The molecule has 6 heteroatoms. The number of fused-ring (bicyclic) bond motifs is 1. The van der Waals surface area contributed by atoms with E-state index in [1.807, 2.05) is 23.9 Å². The van der Waals surface area contributed by atoms with Crippen LogP contribution in [-0.2, 0) is 13.5 Å². The molecule has 1 N–H and O–H groups in total. The number of halogens is 1. The molecule has 0 unspecified atom stereocenters. The molecule has 5 nitrogen and oxygen atoms in total. The van der Waals surface area contributed by atoms with Gasteiger partial charge in [-0.3, -0.25) is 0 Å². The van der Waals surface area contributed by atoms with E-state index in [4.69, 9.17) is 4.98 Å². The molecule has 4 aromatic rings. The lowest BCUT2D eigenvalue weighted by molar-refractivity contribution is 0.628. The Labute approximate surface area is 168 Å². The molecular formula is C23H20FN5. The number of imidazole rings is 1. The number of hydrogen-bond donors (Lipinski definition) is 1. The quantitative estimate of drug-likeness (QED) is 0.549. The van der Waals surface area contributed by atoms with E-state index in [2.05, 4.69) is 39.6 Å². The SMILES string of the molecule is Cn1ccnc1-c1nc(N[C@H]2CCc3ccccc32)ncc1-c1cccc(F)c1. The molecule has 29 heavy (non-hydrogen) atoms. The lowest BCUT2D eigenvalue weighted by Gasteiger charge is -2.16. The van der Waals surface area contributed by atoms with E-state index >= 15 is 0 Å². The van der Waals surface area contributed by atoms with Gasteiger partial charge in [-0.2, -0.15) is 0 Å². The monoisotopic (exact) mass is 385 g/mol. The molecule has 2 heterocycles. The molecular weight excluding hydrogens is 365 g/mol. The molecule has 2 aromatic carbocycles. The van der Waals surface area contributed by atoms with Crippen LogP contribution in [0.25, 0.3) is 22.6 Å². The molecule has 0 spiro atoms. The van der Waals surface area contributed by atoms with Gasteiger partial charge in [0.2, 0.25) is 5.95 Å². The lowest BCUT2D eigenvalue weighted by Crippen LogP contribution is -2.11. The third-order valence-corrected chi connectivity index (χ3v) is 5.39. The van der Waals surface area contributed by atoms with Crippen LogP contribution in [0.15, 0.2) is 67.1 Å². The normalized spacial score (nSPS) is 15.3. The number of nitrogens with zero attached hydrogens (tertiary/aromatic N) is 4. The van der Waals surface area contributed by atoms with Crippen LogP contribution in [0.5, 0.6) is 0 Å². The average molecular weight is 385 g/mol. The van der Waals surface area contributed by atoms with Crippen molar-refractivity contribution in [3.05, 3.63) is 84.1 Å². The van der Waals surface area contributed by atoms with Crippen LogP contribution in [-0.4, -0.2) is 19.5 Å². The molecule has 0 fully saturated rings. The highest BCUT2D eigenvalue weighted by Gasteiger charge is 2.23. The first-order chi connectivity index (χ1) is 14.2. The summed E-state index contributed by atoms with van der Waals surface area (Å²) in [5, 5.41) is 3.48. The van der Waals surface area contributed by atoms with Crippen LogP contribution in [0.2, 0.25) is 0 Å². The van der Waals surface area contributed by atoms with Crippen LogP contribution in [0.1, 0.15) is 23.6 Å². The van der Waals surface area contributed by atoms with Gasteiger partial charge in [-0.05, 0) is 41.7 Å². The first kappa shape index (κ1) is 17.6. The maximum Gasteiger partial charge on any atom is 0.223 e. The van der Waals surface area contributed by atoms with Crippen molar-refractivity contribution in [3.63, 3.8) is 0 Å². The minimum Gasteiger partial charge on any atom is -0.347 e. The Balaban J connectivity index is 1.56. The van der Waals surface area contributed by atoms with E-state index in [1.54, 1.807) is 18.5 Å². The zero-order valence-electron chi connectivity index (χ0n) is 16.0. The van der Waals surface area contributed by atoms with Crippen LogP contribution in [0.4, 0.5) is 10.3 Å². The van der Waals surface area contributed by atoms with Gasteiger partial charge in [0.05, 0.1) is 6.04 Å². The van der Waals surface area contributed by atoms with Crippen molar-refractivity contribution in [2.45, 2.75) is 18.9 Å². The highest BCUT2D eigenvalue weighted by atomic mass is 19.1. The first-order valence-electron chi connectivity index (χ1n) is 9.64. The maximum absolute atomic E-state index is 13.8. The molecule has 0 bridgehead atoms. The van der Waals surface area contributed by atoms with Gasteiger partial charge in [-0.15, -0.1) is 0 Å². The summed E-state index contributed by atoms with van der Waals surface area (Å²) in [6.07, 6.45) is 7.39. The molecule has 1 aliphatic carbocycles. The summed E-state index contributed by atoms with van der Waals surface area (Å²) >= 11 is 0. The van der Waals surface area contributed by atoms with Crippen molar-refractivity contribution >= 4 is 5.95 Å². The third-order valence-electron chi connectivity index (χ3n) is 5.39. The van der Waals surface area contributed by atoms with Crippen molar-refractivity contribution in [2.24, 2.45) is 7.05 Å². The number of benzene rings is 2. The van der Waals surface area contributed by atoms with Gasteiger partial charge in [-0.1, -0.05) is 36.4 Å². The molecule has 0 saturated heterocycles. The topological polar surface area (TPSA) is 55.6 Å². The van der Waals surface area contributed by atoms with Crippen LogP contribution in [0.3, 0.4) is 0 Å². The molecule has 5 rings (SSSR count). The number of nitrogens with one attached hydrogen (secondary N) is 1. The predicted molar refractivity (Wildman–Crippen MR) is 111 cm³/mol. The molecule has 1 aliphatic rings. The molecule has 2 aromatic heterocycles. The molecule has 0 saturated carbocycles. The van der Waals surface area contributed by atoms with Crippen LogP contribution < -0.4 is 5.32 Å². The number of rotatable bonds is 4. The maximum atomic E-state index is 13.8. The first-order valence-corrected chi connectivity index (χ1v) is 9.64. The van der Waals surface area contributed by atoms with Gasteiger partial charge in [-0.25, -0.2) is 19.3 Å². The predicted octanol–water partition coefficient (Wildman–Crippen LogP) is 4.78. The fourth-order valence-electron chi connectivity index (χ4n) is 3.95. The van der Waals surface area contributed by atoms with E-state index in [0.29, 0.717) is 17.5 Å². The summed E-state index contributed by atoms with van der Waals surface area (Å²) in [5.74, 6) is 0.962. The summed E-state index contributed by atoms with van der Waals surface area (Å²) in [5.41, 5.74) is 4.80. The molecule has 1 atom stereocenters. The van der Waals surface area contributed by atoms with Crippen molar-refractivity contribution in [1.29, 1.82) is 0 Å². The van der Waals surface area contributed by atoms with E-state index < -0.39 is 0 Å². The standard InChI is InChI=1S/C23H20FN5/c1-29-12-11-25-22(29)21-19(16-6-4-7-17(24)13-16)14-26-23(28-21)27-20-10-9-15-5-2-3-8-18(15)20/h2-8,11-14,20H,9-10H2,1H3,(H,26,27,28)/t20-/m0/s1. The molecule has 0 radical (unpaired) electrons. The number of aromatic nitrogens is 4. The van der Waals surface area contributed by atoms with Gasteiger partial charge < -0.3 is 9.88 Å². The van der Waals surface area contributed by atoms with Gasteiger partial charge in [0, 0.05) is 31.2 Å². The molecule has 0 aliphatic heterocycles. The highest BCUT2D eigenvalue weighted by molar-refractivity contribution is 5.78. The number of aryl methyl sites for hydroxylation is 2. The second-order valence-electron chi connectivity index (χ2n) is 7.26. The Morgan fingerprint density at radius 1 is 1.10 bits per heavy atom. The zero-order valence-corrected chi connectivity index (χ0v) is 16.0. The fraction of sp³-hybridized carbons (Fsp3) is 0.174. The highest BCUT2D eigenvalue weighted by Crippen LogP contribution is 2.34. The van der Waals surface area contributed by atoms with Crippen molar-refractivity contribution < 1.29 is 4.39 Å². The minimum absolute atomic E-state index is 0.181. The van der Waals surface area contributed by atoms with E-state index in [0.717, 1.165) is 24.0 Å². The van der Waals surface area contributed by atoms with Crippen LogP contribution in [0, 0.1) is 5.82 Å². The Bertz CT molecular complexity index is 1180. The Morgan fingerprint density at radius 2 is 2.00 bits per heavy atom. The largest absolute Gasteiger partial charge is 0.347 e. The van der Waals surface area contributed by atoms with Gasteiger partial charge >= 0.3 is 0 Å². The summed E-state index contributed by atoms with van der Waals surface area (Å²) in [7, 11) is 1.92. The van der Waals surface area contributed by atoms with Gasteiger partial charge in [0.1, 0.15) is 11.5 Å². The fourth-order valence-corrected chi connectivity index (χ4v) is 3.95. The van der Waals surface area contributed by atoms with E-state index in [-0.39, 0.29) is 11.9 Å². The van der Waals surface area contributed by atoms with Gasteiger partial charge in [0.15, 0.2) is 5.82 Å². The van der Waals surface area contributed by atoms with Crippen molar-refractivity contribution in [1.82, 2.24) is 19.5 Å². The number of hydrogen-bond acceptors (Lipinski definition) is 4. The van der Waals surface area contributed by atoms with Gasteiger partial charge in [0.25, 0.3) is 0 Å².